The van der Waals surface area contributed by atoms with Gasteiger partial charge in [-0.1, -0.05) is 20.3 Å². The summed E-state index contributed by atoms with van der Waals surface area (Å²) in [6.07, 6.45) is 5.96. The van der Waals surface area contributed by atoms with E-state index in [0.29, 0.717) is 61.8 Å². The predicted octanol–water partition coefficient (Wildman–Crippen LogP) is 1.70. The highest BCUT2D eigenvalue weighted by Crippen LogP contribution is 2.30. The van der Waals surface area contributed by atoms with Crippen molar-refractivity contribution in [2.45, 2.75) is 45.1 Å². The van der Waals surface area contributed by atoms with Crippen LogP contribution in [0.2, 0.25) is 0 Å². The third-order valence-corrected chi connectivity index (χ3v) is 8.71. The molecule has 0 radical (unpaired) electrons. The van der Waals surface area contributed by atoms with Crippen molar-refractivity contribution >= 4 is 21.1 Å². The molecule has 4 aromatic heterocycles. The fourth-order valence-corrected chi connectivity index (χ4v) is 6.17. The van der Waals surface area contributed by atoms with Crippen molar-refractivity contribution < 1.29 is 13.2 Å². The van der Waals surface area contributed by atoms with Crippen LogP contribution in [0.4, 0.5) is 0 Å². The normalized spacial score (nSPS) is 15.1. The lowest BCUT2D eigenvalue weighted by Crippen LogP contribution is -2.48. The van der Waals surface area contributed by atoms with Crippen molar-refractivity contribution in [1.82, 2.24) is 43.9 Å². The molecule has 0 spiro atoms. The molecule has 4 aromatic rings. The molecule has 0 aromatic carbocycles. The number of pyridine rings is 1. The second-order valence-corrected chi connectivity index (χ2v) is 11.4. The fraction of sp³-hybridized carbons (Fsp3) is 0.462. The number of hydrogen-bond acceptors (Lipinski definition) is 10. The Balaban J connectivity index is 1.60. The number of aromatic nitrogens is 7. The molecule has 0 aliphatic carbocycles. The van der Waals surface area contributed by atoms with Crippen molar-refractivity contribution in [3.63, 3.8) is 0 Å². The summed E-state index contributed by atoms with van der Waals surface area (Å²) < 4.78 is 35.8. The van der Waals surface area contributed by atoms with Crippen LogP contribution in [-0.4, -0.2) is 91.7 Å². The van der Waals surface area contributed by atoms with Crippen molar-refractivity contribution in [3.05, 3.63) is 52.6 Å². The topological polar surface area (TPSA) is 152 Å². The van der Waals surface area contributed by atoms with Crippen LogP contribution in [0.25, 0.3) is 22.4 Å². The Bertz CT molecular complexity index is 1650. The van der Waals surface area contributed by atoms with E-state index >= 15 is 0 Å². The Morgan fingerprint density at radius 1 is 1.05 bits per heavy atom. The Hall–Kier alpha value is -3.75. The van der Waals surface area contributed by atoms with Crippen LogP contribution < -0.4 is 10.3 Å². The minimum Gasteiger partial charge on any atom is -0.477 e. The van der Waals surface area contributed by atoms with E-state index in [1.807, 2.05) is 6.92 Å². The number of fused-ring (bicyclic) bond motifs is 1. The van der Waals surface area contributed by atoms with E-state index in [-0.39, 0.29) is 28.7 Å². The van der Waals surface area contributed by atoms with E-state index in [1.165, 1.54) is 16.6 Å². The number of nitrogens with zero attached hydrogens (tertiary/aromatic N) is 8. The van der Waals surface area contributed by atoms with Crippen molar-refractivity contribution in [1.29, 1.82) is 0 Å². The van der Waals surface area contributed by atoms with Crippen LogP contribution in [0.3, 0.4) is 0 Å². The highest BCUT2D eigenvalue weighted by molar-refractivity contribution is 7.89. The summed E-state index contributed by atoms with van der Waals surface area (Å²) in [6, 6.07) is 3.20. The molecule has 0 amide bonds. The summed E-state index contributed by atoms with van der Waals surface area (Å²) in [4.78, 5) is 36.1. The molecule has 0 atom stereocenters. The standard InChI is InChI=1S/C26H33N9O4S/c1-4-8-20-22-23(35(32-20)17-21-27-9-7-10-28-21)25(36)31-24(30-22)19-15-18(16-29-26(19)39-6-3)40(37,38)34-13-11-33(5-2)12-14-34/h7,9-10,15-16H,4-6,8,11-14,17H2,1-3H3,(H,30,31,36). The quantitative estimate of drug-likeness (QED) is 0.300. The Kier molecular flexibility index (Phi) is 8.19. The van der Waals surface area contributed by atoms with Crippen LogP contribution in [0.5, 0.6) is 5.88 Å². The maximum absolute atomic E-state index is 13.5. The number of rotatable bonds is 10. The lowest BCUT2D eigenvalue weighted by atomic mass is 10.2. The third-order valence-electron chi connectivity index (χ3n) is 6.84. The van der Waals surface area contributed by atoms with Crippen LogP contribution in [-0.2, 0) is 23.0 Å². The highest BCUT2D eigenvalue weighted by atomic mass is 32.2. The lowest BCUT2D eigenvalue weighted by molar-refractivity contribution is 0.196. The van der Waals surface area contributed by atoms with Gasteiger partial charge in [0.15, 0.2) is 5.52 Å². The first-order valence-corrected chi connectivity index (χ1v) is 14.9. The number of hydrogen-bond donors (Lipinski definition) is 1. The molecule has 0 bridgehead atoms. The van der Waals surface area contributed by atoms with Gasteiger partial charge in [-0.15, -0.1) is 0 Å². The van der Waals surface area contributed by atoms with Gasteiger partial charge in [-0.2, -0.15) is 9.40 Å². The molecule has 1 N–H and O–H groups in total. The zero-order chi connectivity index (χ0) is 28.3. The molecule has 1 aliphatic rings. The van der Waals surface area contributed by atoms with Crippen LogP contribution in [0, 0.1) is 0 Å². The van der Waals surface area contributed by atoms with Gasteiger partial charge >= 0.3 is 0 Å². The van der Waals surface area contributed by atoms with Crippen LogP contribution in [0.15, 0.2) is 40.4 Å². The maximum atomic E-state index is 13.5. The Labute approximate surface area is 232 Å². The van der Waals surface area contributed by atoms with Gasteiger partial charge in [-0.25, -0.2) is 33.0 Å². The Morgan fingerprint density at radius 2 is 1.80 bits per heavy atom. The Morgan fingerprint density at radius 3 is 2.48 bits per heavy atom. The van der Waals surface area contributed by atoms with Crippen molar-refractivity contribution in [2.75, 3.05) is 39.3 Å². The van der Waals surface area contributed by atoms with E-state index in [9.17, 15) is 13.2 Å². The molecule has 13 nitrogen and oxygen atoms in total. The molecular weight excluding hydrogens is 534 g/mol. The molecule has 212 valence electrons. The SMILES string of the molecule is CCCc1nn(Cc2ncccn2)c2c(=O)[nH]c(-c3cc(S(=O)(=O)N4CCN(CC)CC4)cnc3OCC)nc12. The minimum absolute atomic E-state index is 0.0179. The average Bonchev–Trinajstić information content (AvgIpc) is 3.31. The van der Waals surface area contributed by atoms with Gasteiger partial charge in [0.05, 0.1) is 24.1 Å². The third kappa shape index (κ3) is 5.46. The number of aryl methyl sites for hydroxylation is 1. The summed E-state index contributed by atoms with van der Waals surface area (Å²) in [7, 11) is -3.82. The van der Waals surface area contributed by atoms with Crippen molar-refractivity contribution in [3.8, 4) is 17.3 Å². The monoisotopic (exact) mass is 567 g/mol. The zero-order valence-electron chi connectivity index (χ0n) is 22.9. The second kappa shape index (κ2) is 11.8. The molecule has 1 fully saturated rings. The molecule has 0 unspecified atom stereocenters. The van der Waals surface area contributed by atoms with Gasteiger partial charge in [0, 0.05) is 38.6 Å². The fourth-order valence-electron chi connectivity index (χ4n) is 4.77. The number of H-pyrrole nitrogens is 1. The first kappa shape index (κ1) is 27.8. The van der Waals surface area contributed by atoms with E-state index in [2.05, 4.69) is 36.9 Å². The second-order valence-electron chi connectivity index (χ2n) is 9.43. The molecular formula is C26H33N9O4S. The largest absolute Gasteiger partial charge is 0.477 e. The van der Waals surface area contributed by atoms with Crippen LogP contribution in [0.1, 0.15) is 38.7 Å². The lowest BCUT2D eigenvalue weighted by Gasteiger charge is -2.33. The van der Waals surface area contributed by atoms with Gasteiger partial charge in [-0.05, 0) is 32.0 Å². The van der Waals surface area contributed by atoms with E-state index < -0.39 is 15.6 Å². The molecule has 40 heavy (non-hydrogen) atoms. The van der Waals surface area contributed by atoms with Crippen molar-refractivity contribution in [2.24, 2.45) is 0 Å². The number of nitrogens with one attached hydrogen (secondary N) is 1. The van der Waals surface area contributed by atoms with Gasteiger partial charge in [0.25, 0.3) is 5.56 Å². The molecule has 5 heterocycles. The molecule has 1 saturated heterocycles. The first-order valence-electron chi connectivity index (χ1n) is 13.5. The molecule has 14 heteroatoms. The number of ether oxygens (including phenoxy) is 1. The zero-order valence-corrected chi connectivity index (χ0v) is 23.7. The van der Waals surface area contributed by atoms with Gasteiger partial charge in [-0.3, -0.25) is 4.79 Å². The molecule has 0 saturated carbocycles. The summed E-state index contributed by atoms with van der Waals surface area (Å²) >= 11 is 0. The summed E-state index contributed by atoms with van der Waals surface area (Å²) in [6.45, 7) is 9.37. The van der Waals surface area contributed by atoms with Crippen LogP contribution >= 0.6 is 0 Å². The number of likely N-dealkylation sites (N-methyl/N-ethyl adjacent to an activating group) is 1. The number of aromatic amines is 1. The minimum atomic E-state index is -3.82. The smallest absolute Gasteiger partial charge is 0.277 e. The predicted molar refractivity (Wildman–Crippen MR) is 149 cm³/mol. The molecule has 5 rings (SSSR count). The average molecular weight is 568 g/mol. The maximum Gasteiger partial charge on any atom is 0.277 e. The number of piperazine rings is 1. The van der Waals surface area contributed by atoms with Gasteiger partial charge in [0.1, 0.15) is 28.6 Å². The summed E-state index contributed by atoms with van der Waals surface area (Å²) in [5.41, 5.74) is 1.25. The van der Waals surface area contributed by atoms with E-state index in [0.717, 1.165) is 13.0 Å². The molecule has 1 aliphatic heterocycles. The van der Waals surface area contributed by atoms with E-state index in [1.54, 1.807) is 30.1 Å². The van der Waals surface area contributed by atoms with E-state index in [4.69, 9.17) is 9.72 Å². The number of sulfonamides is 1. The summed E-state index contributed by atoms with van der Waals surface area (Å²) in [5.74, 6) is 0.856. The highest BCUT2D eigenvalue weighted by Gasteiger charge is 2.30. The first-order chi connectivity index (χ1) is 19.3. The summed E-state index contributed by atoms with van der Waals surface area (Å²) in [5, 5.41) is 4.66. The van der Waals surface area contributed by atoms with Gasteiger partial charge < -0.3 is 14.6 Å². The van der Waals surface area contributed by atoms with Gasteiger partial charge in [0.2, 0.25) is 15.9 Å².